The highest BCUT2D eigenvalue weighted by Crippen LogP contribution is 2.74. The highest BCUT2D eigenvalue weighted by Gasteiger charge is 2.72. The molecule has 2 bridgehead atoms. The van der Waals surface area contributed by atoms with Crippen LogP contribution >= 0.6 is 0 Å². The van der Waals surface area contributed by atoms with Gasteiger partial charge in [-0.15, -0.1) is 0 Å². The van der Waals surface area contributed by atoms with Gasteiger partial charge in [0.15, 0.2) is 5.82 Å². The molecule has 1 unspecified atom stereocenters. The van der Waals surface area contributed by atoms with Crippen LogP contribution in [0.1, 0.15) is 67.7 Å². The largest absolute Gasteiger partial charge is 0.272 e. The monoisotopic (exact) mass is 422 g/mol. The molecule has 1 atom stereocenters. The van der Waals surface area contributed by atoms with Crippen molar-refractivity contribution in [2.24, 2.45) is 15.9 Å². The van der Waals surface area contributed by atoms with Gasteiger partial charge >= 0.3 is 0 Å². The van der Waals surface area contributed by atoms with E-state index in [1.54, 1.807) is 10.9 Å². The van der Waals surface area contributed by atoms with E-state index in [1.807, 2.05) is 0 Å². The highest BCUT2D eigenvalue weighted by molar-refractivity contribution is 5.88. The molecule has 7 nitrogen and oxygen atoms in total. The van der Waals surface area contributed by atoms with Gasteiger partial charge in [-0.3, -0.25) is 4.79 Å². The molecule has 4 aliphatic carbocycles. The number of hydrogen-bond acceptors (Lipinski definition) is 5. The zero-order chi connectivity index (χ0) is 21.4. The lowest BCUT2D eigenvalue weighted by Crippen LogP contribution is -2.68. The molecule has 158 valence electrons. The van der Waals surface area contributed by atoms with Gasteiger partial charge in [0.05, 0.1) is 11.5 Å². The average molecular weight is 422 g/mol. The fourth-order valence-corrected chi connectivity index (χ4v) is 5.67. The maximum Gasteiger partial charge on any atom is 0.249 e. The fraction of sp³-hybridized carbons (Fsp3) is 0.500. The summed E-state index contributed by atoms with van der Waals surface area (Å²) in [6.45, 7) is 0.590. The van der Waals surface area contributed by atoms with Crippen molar-refractivity contribution in [1.29, 1.82) is 5.26 Å². The van der Waals surface area contributed by atoms with E-state index in [2.05, 4.69) is 21.3 Å². The highest BCUT2D eigenvalue weighted by atomic mass is 19.1. The van der Waals surface area contributed by atoms with Gasteiger partial charge in [0.25, 0.3) is 0 Å². The van der Waals surface area contributed by atoms with E-state index in [4.69, 9.17) is 0 Å². The molecule has 9 heteroatoms. The fourth-order valence-electron chi connectivity index (χ4n) is 5.67. The third-order valence-corrected chi connectivity index (χ3v) is 7.12. The van der Waals surface area contributed by atoms with Crippen molar-refractivity contribution in [1.82, 2.24) is 19.8 Å². The molecular weight excluding hydrogens is 402 g/mol. The van der Waals surface area contributed by atoms with Gasteiger partial charge in [-0.2, -0.15) is 15.5 Å². The van der Waals surface area contributed by atoms with Crippen LogP contribution in [-0.4, -0.2) is 31.9 Å². The number of amides is 1. The van der Waals surface area contributed by atoms with Crippen LogP contribution in [0.3, 0.4) is 0 Å². The number of rotatable bonds is 5. The Morgan fingerprint density at radius 3 is 2.55 bits per heavy atom. The molecule has 2 aromatic rings. The Balaban J connectivity index is 1.16. The molecule has 1 aromatic heterocycles. The topological polar surface area (TPSA) is 87.2 Å². The molecular formula is C22H20F2N6O. The Morgan fingerprint density at radius 2 is 1.90 bits per heavy atom. The Labute approximate surface area is 177 Å². The molecule has 0 radical (unpaired) electrons. The second-order valence-corrected chi connectivity index (χ2v) is 9.55. The normalized spacial score (nSPS) is 30.6. The lowest BCUT2D eigenvalue weighted by atomic mass is 9.34. The minimum atomic E-state index is -0.662. The second kappa shape index (κ2) is 6.19. The second-order valence-electron chi connectivity index (χ2n) is 9.55. The molecule has 7 rings (SSSR count). The van der Waals surface area contributed by atoms with Gasteiger partial charge in [-0.25, -0.2) is 23.5 Å². The minimum absolute atomic E-state index is 0.0420. The Hall–Kier alpha value is -3.15. The van der Waals surface area contributed by atoms with Gasteiger partial charge in [-0.1, -0.05) is 0 Å². The Kier molecular flexibility index (Phi) is 3.71. The predicted octanol–water partition coefficient (Wildman–Crippen LogP) is 3.44. The van der Waals surface area contributed by atoms with E-state index in [0.29, 0.717) is 49.5 Å². The maximum atomic E-state index is 13.7. The number of carbonyl (C=O) groups excluding carboxylic acids is 1. The van der Waals surface area contributed by atoms with Gasteiger partial charge in [0.1, 0.15) is 17.7 Å². The number of carbonyl (C=O) groups is 1. The molecule has 0 N–H and O–H groups in total. The van der Waals surface area contributed by atoms with Crippen molar-refractivity contribution in [2.45, 2.75) is 57.0 Å². The summed E-state index contributed by atoms with van der Waals surface area (Å²) in [5.74, 6) is 0.0632. The maximum absolute atomic E-state index is 13.7. The predicted molar refractivity (Wildman–Crippen MR) is 104 cm³/mol. The SMILES string of the molecule is N#Cc1nc(C2CC2)nn1CC12CC(C(=O)N3N=CCC3c3cc(F)cc(F)c3)(C1)C2. The zero-order valence-electron chi connectivity index (χ0n) is 16.8. The van der Waals surface area contributed by atoms with Crippen LogP contribution in [0.15, 0.2) is 23.3 Å². The van der Waals surface area contributed by atoms with Crippen LogP contribution in [0.5, 0.6) is 0 Å². The van der Waals surface area contributed by atoms with Gasteiger partial charge in [-0.05, 0) is 55.2 Å². The van der Waals surface area contributed by atoms with E-state index in [9.17, 15) is 18.8 Å². The lowest BCUT2D eigenvalue weighted by Gasteiger charge is -2.69. The van der Waals surface area contributed by atoms with Crippen molar-refractivity contribution >= 4 is 12.1 Å². The number of halogens is 2. The summed E-state index contributed by atoms with van der Waals surface area (Å²) in [7, 11) is 0. The van der Waals surface area contributed by atoms with Gasteiger partial charge < -0.3 is 0 Å². The molecule has 5 aliphatic rings. The number of nitrogens with zero attached hydrogens (tertiary/aromatic N) is 6. The summed E-state index contributed by atoms with van der Waals surface area (Å²) < 4.78 is 29.1. The molecule has 2 heterocycles. The third-order valence-electron chi connectivity index (χ3n) is 7.12. The average Bonchev–Trinajstić information content (AvgIpc) is 3.25. The first-order valence-corrected chi connectivity index (χ1v) is 10.6. The van der Waals surface area contributed by atoms with Crippen molar-refractivity contribution in [3.05, 3.63) is 47.0 Å². The van der Waals surface area contributed by atoms with Crippen molar-refractivity contribution in [3.63, 3.8) is 0 Å². The molecule has 1 aliphatic heterocycles. The summed E-state index contributed by atoms with van der Waals surface area (Å²) in [6.07, 6.45) is 6.33. The number of hydrogen-bond donors (Lipinski definition) is 0. The van der Waals surface area contributed by atoms with Crippen LogP contribution in [0.4, 0.5) is 8.78 Å². The molecule has 1 amide bonds. The lowest BCUT2D eigenvalue weighted by molar-refractivity contribution is -0.223. The van der Waals surface area contributed by atoms with E-state index >= 15 is 0 Å². The first kappa shape index (κ1) is 18.6. The minimum Gasteiger partial charge on any atom is -0.272 e. The number of aromatic nitrogens is 3. The molecule has 4 saturated carbocycles. The molecule has 0 spiro atoms. The number of hydrazone groups is 1. The van der Waals surface area contributed by atoms with Crippen LogP contribution in [0.2, 0.25) is 0 Å². The third kappa shape index (κ3) is 2.81. The van der Waals surface area contributed by atoms with E-state index in [1.165, 1.54) is 17.1 Å². The number of nitriles is 1. The van der Waals surface area contributed by atoms with Crippen LogP contribution < -0.4 is 0 Å². The molecule has 1 aromatic carbocycles. The van der Waals surface area contributed by atoms with Crippen molar-refractivity contribution in [3.8, 4) is 6.07 Å². The van der Waals surface area contributed by atoms with Crippen LogP contribution in [0.25, 0.3) is 0 Å². The summed E-state index contributed by atoms with van der Waals surface area (Å²) in [4.78, 5) is 17.7. The Morgan fingerprint density at radius 1 is 1.19 bits per heavy atom. The summed E-state index contributed by atoms with van der Waals surface area (Å²) >= 11 is 0. The smallest absolute Gasteiger partial charge is 0.249 e. The Bertz CT molecular complexity index is 1140. The van der Waals surface area contributed by atoms with Gasteiger partial charge in [0.2, 0.25) is 11.7 Å². The van der Waals surface area contributed by atoms with Crippen LogP contribution in [-0.2, 0) is 11.3 Å². The van der Waals surface area contributed by atoms with Crippen LogP contribution in [0, 0.1) is 33.8 Å². The zero-order valence-corrected chi connectivity index (χ0v) is 16.8. The molecule has 4 fully saturated rings. The molecule has 0 saturated heterocycles. The first-order chi connectivity index (χ1) is 14.9. The van der Waals surface area contributed by atoms with E-state index in [0.717, 1.165) is 24.7 Å². The van der Waals surface area contributed by atoms with Crippen molar-refractivity contribution < 1.29 is 13.6 Å². The standard InChI is InChI=1S/C22H20F2N6O/c23-15-5-14(6-16(24)7-15)17-3-4-26-30(17)20(31)22-9-21(10-22,11-22)12-29-18(8-25)27-19(28-29)13-1-2-13/h4-7,13,17H,1-3,9-12H2. The first-order valence-electron chi connectivity index (χ1n) is 10.6. The summed E-state index contributed by atoms with van der Waals surface area (Å²) in [5, 5.41) is 19.6. The number of benzene rings is 1. The van der Waals surface area contributed by atoms with Gasteiger partial charge in [0, 0.05) is 31.2 Å². The quantitative estimate of drug-likeness (QED) is 0.739. The van der Waals surface area contributed by atoms with Crippen molar-refractivity contribution in [2.75, 3.05) is 0 Å². The van der Waals surface area contributed by atoms with E-state index < -0.39 is 23.1 Å². The molecule has 31 heavy (non-hydrogen) atoms. The van der Waals surface area contributed by atoms with E-state index in [-0.39, 0.29) is 11.3 Å². The summed E-state index contributed by atoms with van der Waals surface area (Å²) in [5.41, 5.74) is -0.100. The summed E-state index contributed by atoms with van der Waals surface area (Å²) in [6, 6.07) is 5.00.